The number of ether oxygens (including phenoxy) is 1. The predicted molar refractivity (Wildman–Crippen MR) is 131 cm³/mol. The Hall–Kier alpha value is -3.66. The van der Waals surface area contributed by atoms with Crippen molar-refractivity contribution in [3.63, 3.8) is 0 Å². The number of para-hydroxylation sites is 1. The van der Waals surface area contributed by atoms with E-state index in [1.54, 1.807) is 22.2 Å². The molecule has 1 aromatic carbocycles. The molecule has 0 bridgehead atoms. The first-order chi connectivity index (χ1) is 16.2. The molecule has 0 saturated carbocycles. The summed E-state index contributed by atoms with van der Waals surface area (Å²) in [5.41, 5.74) is 7.00. The molecule has 0 radical (unpaired) electrons. The first-order valence-electron chi connectivity index (χ1n) is 11.4. The minimum absolute atomic E-state index is 0.300. The maximum atomic E-state index is 12.7. The average molecular weight is 466 g/mol. The number of pyridine rings is 1. The molecule has 2 aliphatic rings. The van der Waals surface area contributed by atoms with Gasteiger partial charge in [0.2, 0.25) is 0 Å². The lowest BCUT2D eigenvalue weighted by molar-refractivity contribution is 0.0240. The fourth-order valence-corrected chi connectivity index (χ4v) is 3.74. The first kappa shape index (κ1) is 23.5. The molecule has 1 aromatic heterocycles. The van der Waals surface area contributed by atoms with Gasteiger partial charge in [-0.25, -0.2) is 9.78 Å². The summed E-state index contributed by atoms with van der Waals surface area (Å²) >= 11 is 0. The Morgan fingerprint density at radius 2 is 1.76 bits per heavy atom. The Balaban J connectivity index is 1.32. The zero-order chi connectivity index (χ0) is 24.3. The summed E-state index contributed by atoms with van der Waals surface area (Å²) in [6, 6.07) is 12.8. The average Bonchev–Trinajstić information content (AvgIpc) is 3.19. The van der Waals surface area contributed by atoms with E-state index in [4.69, 9.17) is 10.5 Å². The van der Waals surface area contributed by atoms with Crippen LogP contribution in [0.2, 0.25) is 0 Å². The van der Waals surface area contributed by atoms with Crippen molar-refractivity contribution in [1.82, 2.24) is 15.2 Å². The van der Waals surface area contributed by atoms with E-state index in [1.165, 1.54) is 0 Å². The molecule has 2 amide bonds. The molecule has 10 heteroatoms. The SMILES string of the molecule is CC(C)(C)OC(=O)N1CCN(c2ccc(C(=O)NC3=NN(c4ccccc4)CC3N)cn2)CC1. The number of anilines is 2. The Bertz CT molecular complexity index is 1040. The van der Waals surface area contributed by atoms with Crippen LogP contribution in [0, 0.1) is 0 Å². The number of carbonyl (C=O) groups is 2. The molecule has 3 N–H and O–H groups in total. The third-order valence-electron chi connectivity index (χ3n) is 5.51. The van der Waals surface area contributed by atoms with Gasteiger partial charge in [0.1, 0.15) is 17.3 Å². The van der Waals surface area contributed by atoms with Crippen molar-refractivity contribution in [2.24, 2.45) is 10.8 Å². The monoisotopic (exact) mass is 465 g/mol. The van der Waals surface area contributed by atoms with E-state index in [9.17, 15) is 9.59 Å². The van der Waals surface area contributed by atoms with Gasteiger partial charge in [-0.15, -0.1) is 0 Å². The number of amides is 2. The van der Waals surface area contributed by atoms with Crippen LogP contribution >= 0.6 is 0 Å². The van der Waals surface area contributed by atoms with E-state index >= 15 is 0 Å². The molecule has 2 aliphatic heterocycles. The summed E-state index contributed by atoms with van der Waals surface area (Å²) in [6.45, 7) is 8.44. The van der Waals surface area contributed by atoms with E-state index in [2.05, 4.69) is 20.3 Å². The number of amidine groups is 1. The second kappa shape index (κ2) is 9.68. The largest absolute Gasteiger partial charge is 0.444 e. The second-order valence-corrected chi connectivity index (χ2v) is 9.32. The number of hydrogen-bond acceptors (Lipinski definition) is 8. The molecule has 2 aromatic rings. The summed E-state index contributed by atoms with van der Waals surface area (Å²) in [5, 5.41) is 9.05. The van der Waals surface area contributed by atoms with Gasteiger partial charge < -0.3 is 25.6 Å². The lowest BCUT2D eigenvalue weighted by Crippen LogP contribution is -2.50. The zero-order valence-corrected chi connectivity index (χ0v) is 19.8. The van der Waals surface area contributed by atoms with Gasteiger partial charge in [-0.05, 0) is 45.0 Å². The van der Waals surface area contributed by atoms with Crippen molar-refractivity contribution in [2.45, 2.75) is 32.4 Å². The topological polar surface area (TPSA) is 116 Å². The van der Waals surface area contributed by atoms with E-state index in [0.717, 1.165) is 11.5 Å². The number of nitrogens with one attached hydrogen (secondary N) is 1. The fraction of sp³-hybridized carbons (Fsp3) is 0.417. The molecule has 0 spiro atoms. The number of nitrogens with two attached hydrogens (primary N) is 1. The minimum atomic E-state index is -0.514. The van der Waals surface area contributed by atoms with Crippen LogP contribution in [0.3, 0.4) is 0 Å². The highest BCUT2D eigenvalue weighted by atomic mass is 16.6. The van der Waals surface area contributed by atoms with Crippen LogP contribution < -0.4 is 21.0 Å². The van der Waals surface area contributed by atoms with Crippen molar-refractivity contribution >= 4 is 29.3 Å². The van der Waals surface area contributed by atoms with Crippen LogP contribution in [-0.2, 0) is 4.74 Å². The number of rotatable bonds is 3. The van der Waals surface area contributed by atoms with Gasteiger partial charge in [-0.3, -0.25) is 9.80 Å². The number of carbonyl (C=O) groups excluding carboxylic acids is 2. The van der Waals surface area contributed by atoms with Gasteiger partial charge in [0.25, 0.3) is 5.91 Å². The normalized spacial score (nSPS) is 18.5. The first-order valence-corrected chi connectivity index (χ1v) is 11.4. The third-order valence-corrected chi connectivity index (χ3v) is 5.51. The van der Waals surface area contributed by atoms with Gasteiger partial charge in [0, 0.05) is 32.4 Å². The molecule has 1 unspecified atom stereocenters. The zero-order valence-electron chi connectivity index (χ0n) is 19.8. The molecule has 1 fully saturated rings. The molecule has 1 saturated heterocycles. The van der Waals surface area contributed by atoms with Crippen LogP contribution in [0.25, 0.3) is 0 Å². The van der Waals surface area contributed by atoms with Crippen LogP contribution in [0.1, 0.15) is 31.1 Å². The van der Waals surface area contributed by atoms with Crippen LogP contribution in [0.15, 0.2) is 53.8 Å². The van der Waals surface area contributed by atoms with Gasteiger partial charge in [-0.1, -0.05) is 18.2 Å². The molecule has 1 atom stereocenters. The summed E-state index contributed by atoms with van der Waals surface area (Å²) in [4.78, 5) is 33.2. The molecular weight excluding hydrogens is 434 g/mol. The molecule has 3 heterocycles. The number of hydrogen-bond donors (Lipinski definition) is 2. The van der Waals surface area contributed by atoms with Crippen molar-refractivity contribution in [2.75, 3.05) is 42.6 Å². The maximum absolute atomic E-state index is 12.7. The summed E-state index contributed by atoms with van der Waals surface area (Å²) in [5.74, 6) is 0.875. The molecule has 4 rings (SSSR count). The highest BCUT2D eigenvalue weighted by Gasteiger charge is 2.28. The number of aromatic nitrogens is 1. The van der Waals surface area contributed by atoms with Gasteiger partial charge in [0.05, 0.1) is 23.8 Å². The molecule has 0 aliphatic carbocycles. The van der Waals surface area contributed by atoms with E-state index < -0.39 is 11.6 Å². The molecular formula is C24H31N7O3. The van der Waals surface area contributed by atoms with Crippen LogP contribution in [-0.4, -0.2) is 72.1 Å². The van der Waals surface area contributed by atoms with Crippen molar-refractivity contribution in [3.05, 3.63) is 54.2 Å². The summed E-state index contributed by atoms with van der Waals surface area (Å²) in [7, 11) is 0. The molecule has 180 valence electrons. The Kier molecular flexibility index (Phi) is 6.69. The quantitative estimate of drug-likeness (QED) is 0.712. The van der Waals surface area contributed by atoms with E-state index in [1.807, 2.05) is 57.2 Å². The number of hydrazone groups is 1. The molecule has 10 nitrogen and oxygen atoms in total. The Morgan fingerprint density at radius 3 is 2.38 bits per heavy atom. The summed E-state index contributed by atoms with van der Waals surface area (Å²) < 4.78 is 5.44. The lowest BCUT2D eigenvalue weighted by Gasteiger charge is -2.36. The van der Waals surface area contributed by atoms with E-state index in [-0.39, 0.29) is 12.0 Å². The van der Waals surface area contributed by atoms with Crippen molar-refractivity contribution in [1.29, 1.82) is 0 Å². The number of benzene rings is 1. The standard InChI is InChI=1S/C24H31N7O3/c1-24(2,3)34-23(33)30-13-11-29(12-14-30)20-10-9-17(15-26-20)22(32)27-21-19(25)16-31(28-21)18-7-5-4-6-8-18/h4-10,15,19H,11-14,16,25H2,1-3H3,(H,27,28,32). The lowest BCUT2D eigenvalue weighted by atomic mass is 10.2. The van der Waals surface area contributed by atoms with Gasteiger partial charge >= 0.3 is 6.09 Å². The molecule has 34 heavy (non-hydrogen) atoms. The Morgan fingerprint density at radius 1 is 1.06 bits per heavy atom. The highest BCUT2D eigenvalue weighted by molar-refractivity contribution is 6.09. The number of piperazine rings is 1. The third kappa shape index (κ3) is 5.63. The fourth-order valence-electron chi connectivity index (χ4n) is 3.74. The van der Waals surface area contributed by atoms with Crippen molar-refractivity contribution < 1.29 is 14.3 Å². The van der Waals surface area contributed by atoms with Gasteiger partial charge in [0.15, 0.2) is 0 Å². The maximum Gasteiger partial charge on any atom is 0.410 e. The number of nitrogens with zero attached hydrogens (tertiary/aromatic N) is 5. The highest BCUT2D eigenvalue weighted by Crippen LogP contribution is 2.19. The van der Waals surface area contributed by atoms with E-state index in [0.29, 0.717) is 44.1 Å². The van der Waals surface area contributed by atoms with Crippen molar-refractivity contribution in [3.8, 4) is 0 Å². The Labute approximate surface area is 199 Å². The minimum Gasteiger partial charge on any atom is -0.444 e. The predicted octanol–water partition coefficient (Wildman–Crippen LogP) is 2.03. The smallest absolute Gasteiger partial charge is 0.410 e. The van der Waals surface area contributed by atoms with Crippen LogP contribution in [0.5, 0.6) is 0 Å². The van der Waals surface area contributed by atoms with Crippen LogP contribution in [0.4, 0.5) is 16.3 Å². The van der Waals surface area contributed by atoms with Gasteiger partial charge in [-0.2, -0.15) is 5.10 Å². The second-order valence-electron chi connectivity index (χ2n) is 9.32. The summed E-state index contributed by atoms with van der Waals surface area (Å²) in [6.07, 6.45) is 1.24.